The normalized spacial score (nSPS) is 21.6. The Morgan fingerprint density at radius 3 is 2.74 bits per heavy atom. The molecule has 0 aliphatic carbocycles. The van der Waals surface area contributed by atoms with Crippen molar-refractivity contribution in [2.75, 3.05) is 0 Å². The fourth-order valence-corrected chi connectivity index (χ4v) is 5.15. The number of nitrogens with zero attached hydrogens (tertiary/aromatic N) is 1. The molecule has 2 aromatic heterocycles. The first-order valence-corrected chi connectivity index (χ1v) is 9.82. The summed E-state index contributed by atoms with van der Waals surface area (Å²) in [6, 6.07) is 16.5. The van der Waals surface area contributed by atoms with E-state index in [2.05, 4.69) is 45.7 Å². The van der Waals surface area contributed by atoms with Crippen molar-refractivity contribution in [1.82, 2.24) is 9.88 Å². The first-order valence-electron chi connectivity index (χ1n) is 8.94. The quantitative estimate of drug-likeness (QED) is 0.529. The zero-order valence-corrected chi connectivity index (χ0v) is 15.4. The van der Waals surface area contributed by atoms with Gasteiger partial charge in [0.1, 0.15) is 6.10 Å². The van der Waals surface area contributed by atoms with E-state index in [9.17, 15) is 4.79 Å². The van der Waals surface area contributed by atoms with Crippen molar-refractivity contribution < 1.29 is 11.0 Å². The van der Waals surface area contributed by atoms with E-state index in [4.69, 9.17) is 4.74 Å². The number of carbonyl (C=O) groups is 1. The zero-order valence-electron chi connectivity index (χ0n) is 14.6. The van der Waals surface area contributed by atoms with Gasteiger partial charge in [-0.05, 0) is 23.1 Å². The number of benzene rings is 2. The summed E-state index contributed by atoms with van der Waals surface area (Å²) in [6.07, 6.45) is 1.77. The highest BCUT2D eigenvalue weighted by molar-refractivity contribution is 7.17. The first kappa shape index (κ1) is 15.2. The van der Waals surface area contributed by atoms with Crippen molar-refractivity contribution in [1.29, 1.82) is 0 Å². The lowest BCUT2D eigenvalue weighted by Crippen LogP contribution is -2.33. The van der Waals surface area contributed by atoms with E-state index in [1.54, 1.807) is 11.3 Å². The van der Waals surface area contributed by atoms with E-state index in [1.165, 1.54) is 10.1 Å². The SMILES string of the molecule is Cn1cc(C2=C(c3csc4ccccc34)C3O[C@@H]3NC2=O)c2ccccc21.[HH]. The maximum Gasteiger partial charge on any atom is 0.254 e. The highest BCUT2D eigenvalue weighted by Gasteiger charge is 2.50. The number of amides is 1. The molecule has 5 heteroatoms. The van der Waals surface area contributed by atoms with Crippen LogP contribution in [0.25, 0.3) is 32.1 Å². The largest absolute Gasteiger partial charge is 0.350 e. The molecule has 27 heavy (non-hydrogen) atoms. The predicted molar refractivity (Wildman–Crippen MR) is 110 cm³/mol. The highest BCUT2D eigenvalue weighted by atomic mass is 32.1. The van der Waals surface area contributed by atoms with E-state index in [0.717, 1.165) is 33.2 Å². The summed E-state index contributed by atoms with van der Waals surface area (Å²) in [4.78, 5) is 13.1. The van der Waals surface area contributed by atoms with E-state index in [1.807, 2.05) is 31.3 Å². The zero-order chi connectivity index (χ0) is 18.1. The van der Waals surface area contributed by atoms with Gasteiger partial charge in [0.05, 0.1) is 5.57 Å². The third kappa shape index (κ3) is 2.10. The van der Waals surface area contributed by atoms with Crippen LogP contribution in [0.2, 0.25) is 0 Å². The van der Waals surface area contributed by atoms with Crippen molar-refractivity contribution in [2.24, 2.45) is 7.05 Å². The molecule has 2 atom stereocenters. The van der Waals surface area contributed by atoms with Crippen molar-refractivity contribution in [3.8, 4) is 0 Å². The summed E-state index contributed by atoms with van der Waals surface area (Å²) >= 11 is 1.71. The number of rotatable bonds is 2. The van der Waals surface area contributed by atoms with Crippen LogP contribution < -0.4 is 5.32 Å². The van der Waals surface area contributed by atoms with E-state index in [0.29, 0.717) is 0 Å². The second-order valence-corrected chi connectivity index (χ2v) is 7.97. The van der Waals surface area contributed by atoms with Crippen LogP contribution in [0.4, 0.5) is 0 Å². The molecule has 1 unspecified atom stereocenters. The molecule has 1 amide bonds. The Labute approximate surface area is 161 Å². The van der Waals surface area contributed by atoms with Gasteiger partial charge in [0.2, 0.25) is 0 Å². The fraction of sp³-hybridized carbons (Fsp3) is 0.136. The summed E-state index contributed by atoms with van der Waals surface area (Å²) in [7, 11) is 2.02. The van der Waals surface area contributed by atoms with Crippen LogP contribution in [0.1, 0.15) is 12.6 Å². The Bertz CT molecular complexity index is 1290. The number of carbonyl (C=O) groups excluding carboxylic acids is 1. The maximum atomic E-state index is 13.1. The lowest BCUT2D eigenvalue weighted by Gasteiger charge is -2.17. The summed E-state index contributed by atoms with van der Waals surface area (Å²) in [5, 5.41) is 7.41. The monoisotopic (exact) mass is 374 g/mol. The molecule has 4 aromatic rings. The molecule has 0 spiro atoms. The molecule has 1 saturated heterocycles. The number of fused-ring (bicyclic) bond motifs is 3. The Kier molecular flexibility index (Phi) is 2.99. The summed E-state index contributed by atoms with van der Waals surface area (Å²) in [5.41, 5.74) is 4.93. The number of aryl methyl sites for hydroxylation is 1. The lowest BCUT2D eigenvalue weighted by atomic mass is 9.89. The van der Waals surface area contributed by atoms with Crippen LogP contribution in [0, 0.1) is 0 Å². The molecule has 2 aliphatic heterocycles. The molecule has 2 aliphatic rings. The van der Waals surface area contributed by atoms with Gasteiger partial charge in [0.15, 0.2) is 6.23 Å². The van der Waals surface area contributed by atoms with Gasteiger partial charge >= 0.3 is 0 Å². The minimum absolute atomic E-state index is 0. The molecule has 4 nitrogen and oxygen atoms in total. The van der Waals surface area contributed by atoms with Gasteiger partial charge in [0, 0.05) is 46.8 Å². The number of thiophene rings is 1. The highest BCUT2D eigenvalue weighted by Crippen LogP contribution is 2.47. The predicted octanol–water partition coefficient (Wildman–Crippen LogP) is 4.40. The van der Waals surface area contributed by atoms with Gasteiger partial charge in [-0.1, -0.05) is 36.4 Å². The minimum atomic E-state index is -0.204. The van der Waals surface area contributed by atoms with Gasteiger partial charge < -0.3 is 14.6 Å². The topological polar surface area (TPSA) is 46.6 Å². The second kappa shape index (κ2) is 5.31. The van der Waals surface area contributed by atoms with Crippen LogP contribution in [0.5, 0.6) is 0 Å². The van der Waals surface area contributed by atoms with Gasteiger partial charge in [-0.25, -0.2) is 0 Å². The molecule has 2 aromatic carbocycles. The lowest BCUT2D eigenvalue weighted by molar-refractivity contribution is -0.116. The molecular formula is C22H18N2O2S. The number of hydrogen-bond acceptors (Lipinski definition) is 3. The first-order chi connectivity index (χ1) is 13.2. The third-order valence-electron chi connectivity index (χ3n) is 5.48. The number of hydrogen-bond donors (Lipinski definition) is 1. The van der Waals surface area contributed by atoms with E-state index in [-0.39, 0.29) is 19.7 Å². The van der Waals surface area contributed by atoms with Gasteiger partial charge in [0.25, 0.3) is 5.91 Å². The van der Waals surface area contributed by atoms with Crippen LogP contribution in [-0.4, -0.2) is 22.8 Å². The number of para-hydroxylation sites is 1. The standard InChI is InChI=1S/C22H16N2O2S.H2/c1-24-10-14(12-6-2-4-8-16(12)24)19-18(20-22(26-20)23-21(19)25)15-11-27-17-9-5-3-7-13(15)17;/h2-11,20,22H,1H3,(H,23,25);1H/t20?,22-;/m0./s1. The molecule has 0 bridgehead atoms. The number of ether oxygens (including phenoxy) is 1. The van der Waals surface area contributed by atoms with Crippen molar-refractivity contribution in [3.05, 3.63) is 71.2 Å². The van der Waals surface area contributed by atoms with E-state index >= 15 is 0 Å². The van der Waals surface area contributed by atoms with Gasteiger partial charge in [-0.3, -0.25) is 4.79 Å². The summed E-state index contributed by atoms with van der Waals surface area (Å²) in [5.74, 6) is -0.0598. The molecule has 0 radical (unpaired) electrons. The number of epoxide rings is 1. The Balaban J connectivity index is 0.00000171. The van der Waals surface area contributed by atoms with Crippen molar-refractivity contribution in [3.63, 3.8) is 0 Å². The Morgan fingerprint density at radius 2 is 1.85 bits per heavy atom. The molecule has 0 saturated carbocycles. The smallest absolute Gasteiger partial charge is 0.254 e. The summed E-state index contributed by atoms with van der Waals surface area (Å²) in [6.45, 7) is 0. The van der Waals surface area contributed by atoms with Crippen molar-refractivity contribution in [2.45, 2.75) is 12.3 Å². The molecule has 1 fully saturated rings. The van der Waals surface area contributed by atoms with E-state index < -0.39 is 0 Å². The average Bonchev–Trinajstić information content (AvgIpc) is 3.20. The Morgan fingerprint density at radius 1 is 1.07 bits per heavy atom. The van der Waals surface area contributed by atoms with Crippen LogP contribution in [-0.2, 0) is 16.6 Å². The van der Waals surface area contributed by atoms with Crippen LogP contribution in [0.15, 0.2) is 60.1 Å². The van der Waals surface area contributed by atoms with Gasteiger partial charge in [-0.15, -0.1) is 11.3 Å². The second-order valence-electron chi connectivity index (χ2n) is 7.06. The van der Waals surface area contributed by atoms with Crippen LogP contribution >= 0.6 is 11.3 Å². The molecule has 134 valence electrons. The number of aromatic nitrogens is 1. The molecule has 1 N–H and O–H groups in total. The van der Waals surface area contributed by atoms with Crippen molar-refractivity contribution >= 4 is 49.4 Å². The fourth-order valence-electron chi connectivity index (χ4n) is 4.19. The average molecular weight is 374 g/mol. The maximum absolute atomic E-state index is 13.1. The minimum Gasteiger partial charge on any atom is -0.350 e. The van der Waals surface area contributed by atoms with Crippen LogP contribution in [0.3, 0.4) is 0 Å². The summed E-state index contributed by atoms with van der Waals surface area (Å²) < 4.78 is 9.11. The molecular weight excluding hydrogens is 356 g/mol. The Hall–Kier alpha value is -2.89. The number of nitrogens with one attached hydrogen (secondary N) is 1. The van der Waals surface area contributed by atoms with Gasteiger partial charge in [-0.2, -0.15) is 0 Å². The molecule has 6 rings (SSSR count). The molecule has 4 heterocycles. The third-order valence-corrected chi connectivity index (χ3v) is 6.45.